The van der Waals surface area contributed by atoms with Crippen LogP contribution in [0.25, 0.3) is 0 Å². The van der Waals surface area contributed by atoms with E-state index in [-0.39, 0.29) is 5.97 Å². The van der Waals surface area contributed by atoms with Crippen LogP contribution in [0.2, 0.25) is 0 Å². The smallest absolute Gasteiger partial charge is 0.350 e. The van der Waals surface area contributed by atoms with Crippen molar-refractivity contribution in [3.63, 3.8) is 0 Å². The van der Waals surface area contributed by atoms with E-state index in [4.69, 9.17) is 4.74 Å². The monoisotopic (exact) mass is 341 g/mol. The first-order chi connectivity index (χ1) is 9.19. The van der Waals surface area contributed by atoms with E-state index >= 15 is 0 Å². The molecule has 100 valence electrons. The van der Waals surface area contributed by atoms with Gasteiger partial charge in [-0.25, -0.2) is 9.78 Å². The van der Waals surface area contributed by atoms with E-state index in [1.54, 1.807) is 19.3 Å². The summed E-state index contributed by atoms with van der Waals surface area (Å²) in [5, 5.41) is 3.83. The highest BCUT2D eigenvalue weighted by Gasteiger charge is 2.11. The second-order valence-corrected chi connectivity index (χ2v) is 5.56. The molecule has 2 aromatic heterocycles. The molecule has 2 rings (SSSR count). The van der Waals surface area contributed by atoms with Gasteiger partial charge in [-0.3, -0.25) is 4.98 Å². The van der Waals surface area contributed by atoms with Gasteiger partial charge in [0.25, 0.3) is 0 Å². The van der Waals surface area contributed by atoms with Gasteiger partial charge in [0.2, 0.25) is 0 Å². The molecule has 0 saturated heterocycles. The predicted molar refractivity (Wildman–Crippen MR) is 77.3 cm³/mol. The first-order valence-corrected chi connectivity index (χ1v) is 7.26. The quantitative estimate of drug-likeness (QED) is 0.846. The maximum Gasteiger partial charge on any atom is 0.350 e. The molecule has 0 amide bonds. The summed E-state index contributed by atoms with van der Waals surface area (Å²) in [6.45, 7) is 2.74. The van der Waals surface area contributed by atoms with Crippen LogP contribution in [0.5, 0.6) is 0 Å². The van der Waals surface area contributed by atoms with Crippen molar-refractivity contribution in [3.05, 3.63) is 39.6 Å². The average Bonchev–Trinajstić information content (AvgIpc) is 2.86. The Kier molecular flexibility index (Phi) is 4.86. The van der Waals surface area contributed by atoms with Crippen LogP contribution < -0.4 is 5.32 Å². The van der Waals surface area contributed by atoms with Crippen LogP contribution in [-0.4, -0.2) is 22.5 Å². The lowest BCUT2D eigenvalue weighted by molar-refractivity contribution is 0.0532. The molecule has 0 aliphatic carbocycles. The highest BCUT2D eigenvalue weighted by atomic mass is 79.9. The van der Waals surface area contributed by atoms with E-state index in [1.807, 2.05) is 6.07 Å². The number of thiazole rings is 1. The molecule has 0 aromatic carbocycles. The predicted octanol–water partition coefficient (Wildman–Crippen LogP) is 3.09. The van der Waals surface area contributed by atoms with Crippen LogP contribution in [0.1, 0.15) is 22.2 Å². The number of carbonyl (C=O) groups excluding carboxylic acids is 1. The number of halogens is 1. The molecule has 0 bridgehead atoms. The molecule has 0 unspecified atom stereocenters. The highest BCUT2D eigenvalue weighted by Crippen LogP contribution is 2.20. The lowest BCUT2D eigenvalue weighted by atomic mass is 10.3. The summed E-state index contributed by atoms with van der Waals surface area (Å²) in [5.41, 5.74) is 1.03. The van der Waals surface area contributed by atoms with E-state index in [1.165, 1.54) is 17.5 Å². The Labute approximate surface area is 123 Å². The highest BCUT2D eigenvalue weighted by molar-refractivity contribution is 9.10. The number of hydrogen-bond acceptors (Lipinski definition) is 6. The molecule has 7 heteroatoms. The number of carbonyl (C=O) groups is 1. The average molecular weight is 342 g/mol. The number of rotatable bonds is 5. The van der Waals surface area contributed by atoms with Gasteiger partial charge < -0.3 is 10.1 Å². The minimum Gasteiger partial charge on any atom is -0.462 e. The normalized spacial score (nSPS) is 10.2. The lowest BCUT2D eigenvalue weighted by Crippen LogP contribution is -2.01. The summed E-state index contributed by atoms with van der Waals surface area (Å²) in [6.07, 6.45) is 5.02. The summed E-state index contributed by atoms with van der Waals surface area (Å²) >= 11 is 4.64. The number of nitrogens with zero attached hydrogens (tertiary/aromatic N) is 2. The zero-order chi connectivity index (χ0) is 13.7. The second-order valence-electron chi connectivity index (χ2n) is 3.62. The minimum atomic E-state index is -0.336. The maximum absolute atomic E-state index is 11.5. The molecule has 2 heterocycles. The molecule has 0 atom stereocenters. The third-order valence-corrected chi connectivity index (χ3v) is 3.56. The number of nitrogens with one attached hydrogen (secondary N) is 1. The second kappa shape index (κ2) is 6.63. The third-order valence-electron chi connectivity index (χ3n) is 2.19. The number of aromatic nitrogens is 2. The Bertz CT molecular complexity index is 574. The van der Waals surface area contributed by atoms with Crippen molar-refractivity contribution in [2.24, 2.45) is 0 Å². The molecule has 0 aliphatic rings. The molecule has 0 spiro atoms. The molecule has 0 fully saturated rings. The molecule has 19 heavy (non-hydrogen) atoms. The molecule has 0 radical (unpaired) electrons. The maximum atomic E-state index is 11.5. The van der Waals surface area contributed by atoms with Gasteiger partial charge in [-0.1, -0.05) is 11.3 Å². The van der Waals surface area contributed by atoms with Crippen molar-refractivity contribution >= 4 is 38.4 Å². The van der Waals surface area contributed by atoms with Crippen molar-refractivity contribution in [1.82, 2.24) is 9.97 Å². The van der Waals surface area contributed by atoms with E-state index in [9.17, 15) is 4.79 Å². The number of esters is 1. The molecule has 0 aliphatic heterocycles. The number of pyridine rings is 1. The fourth-order valence-corrected chi connectivity index (χ4v) is 2.50. The van der Waals surface area contributed by atoms with Crippen molar-refractivity contribution in [1.29, 1.82) is 0 Å². The van der Waals surface area contributed by atoms with Crippen LogP contribution in [0, 0.1) is 0 Å². The summed E-state index contributed by atoms with van der Waals surface area (Å²) in [7, 11) is 0. The van der Waals surface area contributed by atoms with Crippen LogP contribution in [0.3, 0.4) is 0 Å². The number of anilines is 1. The van der Waals surface area contributed by atoms with Crippen molar-refractivity contribution in [2.45, 2.75) is 13.5 Å². The van der Waals surface area contributed by atoms with Crippen LogP contribution >= 0.6 is 27.3 Å². The van der Waals surface area contributed by atoms with Crippen LogP contribution in [0.15, 0.2) is 29.1 Å². The van der Waals surface area contributed by atoms with Crippen LogP contribution in [-0.2, 0) is 11.3 Å². The zero-order valence-electron chi connectivity index (χ0n) is 10.2. The first kappa shape index (κ1) is 14.0. The van der Waals surface area contributed by atoms with Gasteiger partial charge in [-0.05, 0) is 34.5 Å². The standard InChI is InChI=1S/C12H12BrN3O2S/c1-2-18-11(17)10-7-16-12(19-10)15-5-8-3-9(13)6-14-4-8/h3-4,6-7H,2,5H2,1H3,(H,15,16). The summed E-state index contributed by atoms with van der Waals surface area (Å²) in [6, 6.07) is 1.97. The Morgan fingerprint density at radius 3 is 3.05 bits per heavy atom. The largest absolute Gasteiger partial charge is 0.462 e. The fraction of sp³-hybridized carbons (Fsp3) is 0.250. The lowest BCUT2D eigenvalue weighted by Gasteiger charge is -2.02. The van der Waals surface area contributed by atoms with Gasteiger partial charge >= 0.3 is 5.97 Å². The SMILES string of the molecule is CCOC(=O)c1cnc(NCc2cncc(Br)c2)s1. The molecule has 5 nitrogen and oxygen atoms in total. The van der Waals surface area contributed by atoms with Gasteiger partial charge in [0, 0.05) is 23.4 Å². The van der Waals surface area contributed by atoms with E-state index in [0.29, 0.717) is 23.2 Å². The molecule has 1 N–H and O–H groups in total. The molecule has 2 aromatic rings. The molecular formula is C12H12BrN3O2S. The Morgan fingerprint density at radius 1 is 1.47 bits per heavy atom. The van der Waals surface area contributed by atoms with Gasteiger partial charge in [-0.2, -0.15) is 0 Å². The van der Waals surface area contributed by atoms with Crippen LogP contribution in [0.4, 0.5) is 5.13 Å². The van der Waals surface area contributed by atoms with Gasteiger partial charge in [0.05, 0.1) is 12.8 Å². The van der Waals surface area contributed by atoms with Crippen molar-refractivity contribution in [3.8, 4) is 0 Å². The fourth-order valence-electron chi connectivity index (χ4n) is 1.38. The molecule has 0 saturated carbocycles. The summed E-state index contributed by atoms with van der Waals surface area (Å²) < 4.78 is 5.84. The third kappa shape index (κ3) is 4.00. The zero-order valence-corrected chi connectivity index (χ0v) is 12.6. The summed E-state index contributed by atoms with van der Waals surface area (Å²) in [5.74, 6) is -0.336. The minimum absolute atomic E-state index is 0.336. The van der Waals surface area contributed by atoms with Gasteiger partial charge in [-0.15, -0.1) is 0 Å². The Morgan fingerprint density at radius 2 is 2.32 bits per heavy atom. The molecular weight excluding hydrogens is 330 g/mol. The first-order valence-electron chi connectivity index (χ1n) is 5.65. The number of hydrogen-bond donors (Lipinski definition) is 1. The van der Waals surface area contributed by atoms with Crippen molar-refractivity contribution in [2.75, 3.05) is 11.9 Å². The van der Waals surface area contributed by atoms with Gasteiger partial charge in [0.15, 0.2) is 5.13 Å². The Balaban J connectivity index is 1.95. The summed E-state index contributed by atoms with van der Waals surface area (Å²) in [4.78, 5) is 20.2. The van der Waals surface area contributed by atoms with E-state index < -0.39 is 0 Å². The topological polar surface area (TPSA) is 64.1 Å². The van der Waals surface area contributed by atoms with Gasteiger partial charge in [0.1, 0.15) is 4.88 Å². The van der Waals surface area contributed by atoms with E-state index in [2.05, 4.69) is 31.2 Å². The number of ether oxygens (including phenoxy) is 1. The van der Waals surface area contributed by atoms with E-state index in [0.717, 1.165) is 10.0 Å². The van der Waals surface area contributed by atoms with Crippen molar-refractivity contribution < 1.29 is 9.53 Å². The Hall–Kier alpha value is -1.47.